The van der Waals surface area contributed by atoms with E-state index in [0.29, 0.717) is 15.0 Å². The van der Waals surface area contributed by atoms with E-state index >= 15 is 0 Å². The number of hydrogen-bond donors (Lipinski definition) is 1. The smallest absolute Gasteiger partial charge is 0.205 e. The fraction of sp³-hybridized carbons (Fsp3) is 0. The summed E-state index contributed by atoms with van der Waals surface area (Å²) in [4.78, 5) is 17.6. The van der Waals surface area contributed by atoms with Crippen LogP contribution >= 0.6 is 22.9 Å². The number of nitrogens with zero attached hydrogens (tertiary/aromatic N) is 1. The van der Waals surface area contributed by atoms with E-state index in [2.05, 4.69) is 10.3 Å². The van der Waals surface area contributed by atoms with Gasteiger partial charge in [-0.25, -0.2) is 4.98 Å². The van der Waals surface area contributed by atoms with Gasteiger partial charge in [0.25, 0.3) is 0 Å². The number of carbonyl (C=O) groups excluding carboxylic acids is 1. The Morgan fingerprint density at radius 2 is 1.71 bits per heavy atom. The molecule has 3 aromatic rings. The van der Waals surface area contributed by atoms with Crippen LogP contribution in [-0.2, 0) is 0 Å². The molecule has 0 aliphatic heterocycles. The summed E-state index contributed by atoms with van der Waals surface area (Å²) >= 11 is 7.25. The predicted molar refractivity (Wildman–Crippen MR) is 85.7 cm³/mol. The second kappa shape index (κ2) is 4.69. The second-order valence-corrected chi connectivity index (χ2v) is 6.14. The first-order valence-corrected chi connectivity index (χ1v) is 7.59. The largest absolute Gasteiger partial charge is 0.332 e. The number of rotatable bonds is 2. The molecule has 1 heterocycles. The maximum absolute atomic E-state index is 12.3. The summed E-state index contributed by atoms with van der Waals surface area (Å²) in [5.41, 5.74) is 3.33. The lowest BCUT2D eigenvalue weighted by Crippen LogP contribution is -1.93. The Bertz CT molecular complexity index is 855. The Kier molecular flexibility index (Phi) is 2.80. The normalized spacial score (nSPS) is 12.1. The van der Waals surface area contributed by atoms with Crippen LogP contribution in [0.2, 0.25) is 5.02 Å². The van der Waals surface area contributed by atoms with Crippen molar-refractivity contribution in [2.24, 2.45) is 0 Å². The summed E-state index contributed by atoms with van der Waals surface area (Å²) in [6, 6.07) is 15.0. The lowest BCUT2D eigenvalue weighted by molar-refractivity contribution is 0.104. The highest BCUT2D eigenvalue weighted by molar-refractivity contribution is 7.18. The van der Waals surface area contributed by atoms with Crippen molar-refractivity contribution in [1.29, 1.82) is 0 Å². The lowest BCUT2D eigenvalue weighted by Gasteiger charge is -2.02. The number of carbonyl (C=O) groups is 1. The number of aromatic nitrogens is 1. The van der Waals surface area contributed by atoms with Gasteiger partial charge in [0.2, 0.25) is 5.78 Å². The van der Waals surface area contributed by atoms with Gasteiger partial charge in [-0.05, 0) is 24.3 Å². The van der Waals surface area contributed by atoms with Crippen LogP contribution in [0.4, 0.5) is 10.8 Å². The van der Waals surface area contributed by atoms with E-state index in [1.54, 1.807) is 0 Å². The summed E-state index contributed by atoms with van der Waals surface area (Å²) in [7, 11) is 0. The zero-order chi connectivity index (χ0) is 14.4. The molecular weight excluding hydrogens is 304 g/mol. The van der Waals surface area contributed by atoms with Gasteiger partial charge in [0.1, 0.15) is 4.88 Å². The second-order valence-electron chi connectivity index (χ2n) is 4.70. The first-order valence-electron chi connectivity index (χ1n) is 6.40. The van der Waals surface area contributed by atoms with Crippen molar-refractivity contribution in [2.75, 3.05) is 5.32 Å². The SMILES string of the molecule is O=C1c2ccccc2-c2nc(Nc3ccc(Cl)cc3)sc21. The quantitative estimate of drug-likeness (QED) is 0.580. The minimum absolute atomic E-state index is 0.0576. The third-order valence-electron chi connectivity index (χ3n) is 3.36. The molecule has 2 aromatic carbocycles. The highest BCUT2D eigenvalue weighted by Crippen LogP contribution is 2.41. The van der Waals surface area contributed by atoms with E-state index in [9.17, 15) is 4.79 Å². The lowest BCUT2D eigenvalue weighted by atomic mass is 10.1. The van der Waals surface area contributed by atoms with E-state index in [-0.39, 0.29) is 5.78 Å². The maximum Gasteiger partial charge on any atom is 0.205 e. The molecule has 102 valence electrons. The number of thiazole rings is 1. The summed E-state index contributed by atoms with van der Waals surface area (Å²) < 4.78 is 0. The molecule has 0 radical (unpaired) electrons. The van der Waals surface area contributed by atoms with Crippen LogP contribution in [0.5, 0.6) is 0 Å². The number of anilines is 2. The Morgan fingerprint density at radius 1 is 1.00 bits per heavy atom. The van der Waals surface area contributed by atoms with Gasteiger partial charge in [0, 0.05) is 21.8 Å². The molecular formula is C16H9ClN2OS. The molecule has 21 heavy (non-hydrogen) atoms. The summed E-state index contributed by atoms with van der Waals surface area (Å²) in [5, 5.41) is 4.61. The zero-order valence-corrected chi connectivity index (χ0v) is 12.3. The molecule has 1 aliphatic carbocycles. The monoisotopic (exact) mass is 312 g/mol. The number of hydrogen-bond acceptors (Lipinski definition) is 4. The van der Waals surface area contributed by atoms with Crippen molar-refractivity contribution in [1.82, 2.24) is 4.98 Å². The minimum atomic E-state index is 0.0576. The minimum Gasteiger partial charge on any atom is -0.332 e. The Labute approximate surface area is 130 Å². The molecule has 0 saturated carbocycles. The van der Waals surface area contributed by atoms with Crippen LogP contribution in [0.3, 0.4) is 0 Å². The van der Waals surface area contributed by atoms with E-state index in [4.69, 9.17) is 11.6 Å². The van der Waals surface area contributed by atoms with Crippen LogP contribution in [-0.4, -0.2) is 10.8 Å². The van der Waals surface area contributed by atoms with Crippen molar-refractivity contribution in [3.05, 3.63) is 64.0 Å². The van der Waals surface area contributed by atoms with E-state index < -0.39 is 0 Å². The van der Waals surface area contributed by atoms with Gasteiger partial charge in [0.15, 0.2) is 5.13 Å². The highest BCUT2D eigenvalue weighted by atomic mass is 35.5. The summed E-state index contributed by atoms with van der Waals surface area (Å²) in [6.07, 6.45) is 0. The van der Waals surface area contributed by atoms with Gasteiger partial charge in [-0.1, -0.05) is 47.2 Å². The third-order valence-corrected chi connectivity index (χ3v) is 4.58. The van der Waals surface area contributed by atoms with Crippen LogP contribution in [0, 0.1) is 0 Å². The Balaban J connectivity index is 1.72. The fourth-order valence-corrected chi connectivity index (χ4v) is 3.46. The highest BCUT2D eigenvalue weighted by Gasteiger charge is 2.30. The van der Waals surface area contributed by atoms with Crippen molar-refractivity contribution < 1.29 is 4.79 Å². The summed E-state index contributed by atoms with van der Waals surface area (Å²) in [5.74, 6) is 0.0576. The van der Waals surface area contributed by atoms with Crippen LogP contribution < -0.4 is 5.32 Å². The summed E-state index contributed by atoms with van der Waals surface area (Å²) in [6.45, 7) is 0. The first-order chi connectivity index (χ1) is 10.2. The van der Waals surface area contributed by atoms with E-state index in [0.717, 1.165) is 22.5 Å². The van der Waals surface area contributed by atoms with Crippen LogP contribution in [0.25, 0.3) is 11.3 Å². The number of benzene rings is 2. The van der Waals surface area contributed by atoms with Gasteiger partial charge >= 0.3 is 0 Å². The first kappa shape index (κ1) is 12.6. The molecule has 0 amide bonds. The van der Waals surface area contributed by atoms with Gasteiger partial charge in [-0.15, -0.1) is 0 Å². The van der Waals surface area contributed by atoms with E-state index in [1.807, 2.05) is 48.5 Å². The van der Waals surface area contributed by atoms with Crippen molar-refractivity contribution in [3.63, 3.8) is 0 Å². The van der Waals surface area contributed by atoms with E-state index in [1.165, 1.54) is 11.3 Å². The molecule has 3 nitrogen and oxygen atoms in total. The molecule has 0 saturated heterocycles. The van der Waals surface area contributed by atoms with Gasteiger partial charge in [0.05, 0.1) is 5.69 Å². The zero-order valence-electron chi connectivity index (χ0n) is 10.8. The average Bonchev–Trinajstić information content (AvgIpc) is 3.02. The van der Waals surface area contributed by atoms with Gasteiger partial charge in [-0.2, -0.15) is 0 Å². The Morgan fingerprint density at radius 3 is 2.48 bits per heavy atom. The number of fused-ring (bicyclic) bond motifs is 3. The Hall–Kier alpha value is -2.17. The van der Waals surface area contributed by atoms with Crippen molar-refractivity contribution >= 4 is 39.5 Å². The molecule has 0 spiro atoms. The van der Waals surface area contributed by atoms with Crippen LogP contribution in [0.15, 0.2) is 48.5 Å². The molecule has 0 unspecified atom stereocenters. The molecule has 1 aliphatic rings. The van der Waals surface area contributed by atoms with Crippen molar-refractivity contribution in [2.45, 2.75) is 0 Å². The average molecular weight is 313 g/mol. The molecule has 1 aromatic heterocycles. The van der Waals surface area contributed by atoms with Gasteiger partial charge in [-0.3, -0.25) is 4.79 Å². The van der Waals surface area contributed by atoms with Gasteiger partial charge < -0.3 is 5.32 Å². The number of ketones is 1. The topological polar surface area (TPSA) is 42.0 Å². The molecule has 5 heteroatoms. The standard InChI is InChI=1S/C16H9ClN2OS/c17-9-5-7-10(8-6-9)18-16-19-13-11-3-1-2-4-12(11)14(20)15(13)21-16/h1-8H,(H,18,19). The molecule has 0 atom stereocenters. The molecule has 4 rings (SSSR count). The molecule has 1 N–H and O–H groups in total. The molecule has 0 bridgehead atoms. The fourth-order valence-electron chi connectivity index (χ4n) is 2.38. The van der Waals surface area contributed by atoms with Crippen molar-refractivity contribution in [3.8, 4) is 11.3 Å². The van der Waals surface area contributed by atoms with Crippen LogP contribution in [0.1, 0.15) is 15.2 Å². The number of halogens is 1. The number of nitrogens with one attached hydrogen (secondary N) is 1. The third kappa shape index (κ3) is 2.04. The molecule has 0 fully saturated rings. The maximum atomic E-state index is 12.3. The predicted octanol–water partition coefficient (Wildman–Crippen LogP) is 4.75.